The second-order valence-corrected chi connectivity index (χ2v) is 4.84. The lowest BCUT2D eigenvalue weighted by Gasteiger charge is -2.05. The molecule has 98 valence electrons. The van der Waals surface area contributed by atoms with Gasteiger partial charge in [-0.05, 0) is 29.3 Å². The summed E-state index contributed by atoms with van der Waals surface area (Å²) in [6, 6.07) is 15.8. The Labute approximate surface area is 117 Å². The van der Waals surface area contributed by atoms with E-state index in [1.165, 1.54) is 0 Å². The fourth-order valence-electron chi connectivity index (χ4n) is 2.20. The number of fused-ring (bicyclic) bond motifs is 1. The van der Waals surface area contributed by atoms with Gasteiger partial charge in [0.05, 0.1) is 22.7 Å². The van der Waals surface area contributed by atoms with Crippen molar-refractivity contribution in [3.63, 3.8) is 0 Å². The summed E-state index contributed by atoms with van der Waals surface area (Å²) in [7, 11) is 3.90. The molecular formula is C16H14N4. The third-order valence-electron chi connectivity index (χ3n) is 3.25. The van der Waals surface area contributed by atoms with Crippen LogP contribution < -0.4 is 4.90 Å². The summed E-state index contributed by atoms with van der Waals surface area (Å²) in [5, 5.41) is 9.19. The van der Waals surface area contributed by atoms with Gasteiger partial charge in [-0.25, -0.2) is 4.98 Å². The summed E-state index contributed by atoms with van der Waals surface area (Å²) in [5.74, 6) is 0.825. The van der Waals surface area contributed by atoms with E-state index in [0.29, 0.717) is 5.56 Å². The van der Waals surface area contributed by atoms with E-state index in [1.807, 2.05) is 61.5 Å². The zero-order chi connectivity index (χ0) is 14.1. The minimum atomic E-state index is 0.676. The number of imidazole rings is 1. The summed E-state index contributed by atoms with van der Waals surface area (Å²) >= 11 is 0. The first-order valence-corrected chi connectivity index (χ1v) is 6.35. The third kappa shape index (κ3) is 1.99. The van der Waals surface area contributed by atoms with Crippen LogP contribution in [-0.2, 0) is 0 Å². The van der Waals surface area contributed by atoms with E-state index in [4.69, 9.17) is 0 Å². The van der Waals surface area contributed by atoms with Crippen molar-refractivity contribution in [2.75, 3.05) is 19.0 Å². The molecule has 0 radical (unpaired) electrons. The second kappa shape index (κ2) is 4.71. The molecule has 0 bridgehead atoms. The van der Waals surface area contributed by atoms with Crippen LogP contribution in [0.4, 0.5) is 5.95 Å². The maximum Gasteiger partial charge on any atom is 0.203 e. The smallest absolute Gasteiger partial charge is 0.203 e. The molecule has 0 fully saturated rings. The van der Waals surface area contributed by atoms with E-state index < -0.39 is 0 Å². The maximum absolute atomic E-state index is 9.19. The highest BCUT2D eigenvalue weighted by Gasteiger charge is 2.08. The second-order valence-electron chi connectivity index (χ2n) is 4.84. The molecule has 1 N–H and O–H groups in total. The number of nitriles is 1. The molecule has 0 aliphatic carbocycles. The number of aromatic nitrogens is 2. The molecule has 0 spiro atoms. The Morgan fingerprint density at radius 1 is 1.15 bits per heavy atom. The Hall–Kier alpha value is -2.80. The average molecular weight is 262 g/mol. The van der Waals surface area contributed by atoms with Crippen molar-refractivity contribution in [2.24, 2.45) is 0 Å². The maximum atomic E-state index is 9.19. The molecule has 3 aromatic rings. The van der Waals surface area contributed by atoms with Crippen molar-refractivity contribution in [3.8, 4) is 17.2 Å². The molecule has 4 nitrogen and oxygen atoms in total. The molecular weight excluding hydrogens is 248 g/mol. The molecule has 0 amide bonds. The fourth-order valence-corrected chi connectivity index (χ4v) is 2.20. The highest BCUT2D eigenvalue weighted by Crippen LogP contribution is 2.27. The van der Waals surface area contributed by atoms with Gasteiger partial charge in [0.1, 0.15) is 0 Å². The van der Waals surface area contributed by atoms with Gasteiger partial charge in [0, 0.05) is 14.1 Å². The van der Waals surface area contributed by atoms with Crippen molar-refractivity contribution in [1.29, 1.82) is 5.26 Å². The number of H-pyrrole nitrogens is 1. The summed E-state index contributed by atoms with van der Waals surface area (Å²) in [4.78, 5) is 9.73. The van der Waals surface area contributed by atoms with Crippen molar-refractivity contribution in [3.05, 3.63) is 48.0 Å². The van der Waals surface area contributed by atoms with Crippen LogP contribution in [0.2, 0.25) is 0 Å². The lowest BCUT2D eigenvalue weighted by molar-refractivity contribution is 1.05. The van der Waals surface area contributed by atoms with Gasteiger partial charge >= 0.3 is 0 Å². The van der Waals surface area contributed by atoms with E-state index >= 15 is 0 Å². The molecule has 0 aliphatic rings. The molecule has 3 rings (SSSR count). The van der Waals surface area contributed by atoms with Gasteiger partial charge in [-0.1, -0.05) is 24.3 Å². The van der Waals surface area contributed by atoms with Gasteiger partial charge in [0.15, 0.2) is 0 Å². The van der Waals surface area contributed by atoms with Crippen LogP contribution in [0.5, 0.6) is 0 Å². The highest BCUT2D eigenvalue weighted by atomic mass is 15.2. The first-order chi connectivity index (χ1) is 9.69. The average Bonchev–Trinajstić information content (AvgIpc) is 2.90. The fraction of sp³-hybridized carbons (Fsp3) is 0.125. The van der Waals surface area contributed by atoms with Crippen molar-refractivity contribution in [2.45, 2.75) is 0 Å². The summed E-state index contributed by atoms with van der Waals surface area (Å²) < 4.78 is 0. The van der Waals surface area contributed by atoms with E-state index in [2.05, 4.69) is 16.0 Å². The number of benzene rings is 2. The van der Waals surface area contributed by atoms with Crippen LogP contribution in [-0.4, -0.2) is 24.1 Å². The van der Waals surface area contributed by atoms with Crippen LogP contribution in [0, 0.1) is 11.3 Å². The largest absolute Gasteiger partial charge is 0.349 e. The Balaban J connectivity index is 2.16. The predicted molar refractivity (Wildman–Crippen MR) is 80.6 cm³/mol. The molecule has 20 heavy (non-hydrogen) atoms. The van der Waals surface area contributed by atoms with Crippen LogP contribution >= 0.6 is 0 Å². The lowest BCUT2D eigenvalue weighted by atomic mass is 10.0. The first-order valence-electron chi connectivity index (χ1n) is 6.35. The minimum absolute atomic E-state index is 0.676. The number of rotatable bonds is 2. The van der Waals surface area contributed by atoms with Crippen molar-refractivity contribution >= 4 is 17.0 Å². The SMILES string of the molecule is CN(C)c1nc2cc(-c3ccccc3C#N)ccc2[nH]1. The van der Waals surface area contributed by atoms with Crippen LogP contribution in [0.1, 0.15) is 5.56 Å². The number of anilines is 1. The third-order valence-corrected chi connectivity index (χ3v) is 3.25. The Bertz CT molecular complexity index is 809. The van der Waals surface area contributed by atoms with Crippen LogP contribution in [0.3, 0.4) is 0 Å². The standard InChI is InChI=1S/C16H14N4/c1-20(2)16-18-14-8-7-11(9-15(14)19-16)13-6-4-3-5-12(13)10-17/h3-9H,1-2H3,(H,18,19). The number of nitrogens with zero attached hydrogens (tertiary/aromatic N) is 3. The predicted octanol–water partition coefficient (Wildman–Crippen LogP) is 3.17. The zero-order valence-electron chi connectivity index (χ0n) is 11.4. The number of nitrogens with one attached hydrogen (secondary N) is 1. The van der Waals surface area contributed by atoms with Crippen molar-refractivity contribution < 1.29 is 0 Å². The minimum Gasteiger partial charge on any atom is -0.349 e. The molecule has 0 saturated heterocycles. The topological polar surface area (TPSA) is 55.7 Å². The lowest BCUT2D eigenvalue weighted by Crippen LogP contribution is -2.09. The summed E-state index contributed by atoms with van der Waals surface area (Å²) in [5.41, 5.74) is 4.51. The highest BCUT2D eigenvalue weighted by molar-refractivity contribution is 5.84. The Kier molecular flexibility index (Phi) is 2.88. The molecule has 1 heterocycles. The monoisotopic (exact) mass is 262 g/mol. The Morgan fingerprint density at radius 3 is 2.70 bits per heavy atom. The van der Waals surface area contributed by atoms with Crippen LogP contribution in [0.25, 0.3) is 22.2 Å². The van der Waals surface area contributed by atoms with Crippen molar-refractivity contribution in [1.82, 2.24) is 9.97 Å². The number of aromatic amines is 1. The van der Waals surface area contributed by atoms with Gasteiger partial charge < -0.3 is 9.88 Å². The molecule has 2 aromatic carbocycles. The molecule has 1 aromatic heterocycles. The summed E-state index contributed by atoms with van der Waals surface area (Å²) in [6.45, 7) is 0. The molecule has 0 aliphatic heterocycles. The quantitative estimate of drug-likeness (QED) is 0.771. The van der Waals surface area contributed by atoms with E-state index in [1.54, 1.807) is 0 Å². The number of hydrogen-bond donors (Lipinski definition) is 1. The van der Waals surface area contributed by atoms with E-state index in [9.17, 15) is 5.26 Å². The zero-order valence-corrected chi connectivity index (χ0v) is 11.4. The van der Waals surface area contributed by atoms with Crippen LogP contribution in [0.15, 0.2) is 42.5 Å². The summed E-state index contributed by atoms with van der Waals surface area (Å²) in [6.07, 6.45) is 0. The normalized spacial score (nSPS) is 10.4. The Morgan fingerprint density at radius 2 is 1.95 bits per heavy atom. The van der Waals surface area contributed by atoms with E-state index in [-0.39, 0.29) is 0 Å². The van der Waals surface area contributed by atoms with Gasteiger partial charge in [-0.3, -0.25) is 0 Å². The molecule has 4 heteroatoms. The first kappa shape index (κ1) is 12.2. The van der Waals surface area contributed by atoms with E-state index in [0.717, 1.165) is 28.1 Å². The molecule has 0 unspecified atom stereocenters. The number of hydrogen-bond acceptors (Lipinski definition) is 3. The molecule has 0 saturated carbocycles. The van der Waals surface area contributed by atoms with Gasteiger partial charge in [-0.2, -0.15) is 5.26 Å². The van der Waals surface area contributed by atoms with Gasteiger partial charge in [0.2, 0.25) is 5.95 Å². The molecule has 0 atom stereocenters. The van der Waals surface area contributed by atoms with Gasteiger partial charge in [0.25, 0.3) is 0 Å². The van der Waals surface area contributed by atoms with Gasteiger partial charge in [-0.15, -0.1) is 0 Å².